The van der Waals surface area contributed by atoms with Crippen molar-refractivity contribution in [2.45, 2.75) is 32.0 Å². The van der Waals surface area contributed by atoms with Crippen LogP contribution in [0, 0.1) is 6.92 Å². The maximum absolute atomic E-state index is 12.0. The molecule has 3 rings (SSSR count). The highest BCUT2D eigenvalue weighted by Gasteiger charge is 2.45. The Hall–Kier alpha value is -2.80. The molecule has 0 saturated heterocycles. The van der Waals surface area contributed by atoms with Gasteiger partial charge in [0.05, 0.1) is 36.5 Å². The Kier molecular flexibility index (Phi) is 5.04. The van der Waals surface area contributed by atoms with Crippen LogP contribution < -0.4 is 5.73 Å². The van der Waals surface area contributed by atoms with Gasteiger partial charge >= 0.3 is 0 Å². The second kappa shape index (κ2) is 7.40. The molecule has 0 bridgehead atoms. The summed E-state index contributed by atoms with van der Waals surface area (Å²) < 4.78 is 5.60. The molecule has 0 saturated carbocycles. The average molecular weight is 340 g/mol. The van der Waals surface area contributed by atoms with E-state index in [-0.39, 0.29) is 6.61 Å². The van der Waals surface area contributed by atoms with Crippen LogP contribution in [-0.4, -0.2) is 33.8 Å². The van der Waals surface area contributed by atoms with Crippen LogP contribution in [-0.2, 0) is 27.4 Å². The Labute approximate surface area is 145 Å². The summed E-state index contributed by atoms with van der Waals surface area (Å²) in [4.78, 5) is 25.8. The average Bonchev–Trinajstić information content (AvgIpc) is 3.02. The predicted octanol–water partition coefficient (Wildman–Crippen LogP) is 1.54. The van der Waals surface area contributed by atoms with Gasteiger partial charge in [-0.2, -0.15) is 0 Å². The first-order chi connectivity index (χ1) is 12.1. The van der Waals surface area contributed by atoms with Gasteiger partial charge in [0.2, 0.25) is 5.60 Å². The van der Waals surface area contributed by atoms with Crippen molar-refractivity contribution in [2.75, 3.05) is 6.61 Å². The zero-order valence-electron chi connectivity index (χ0n) is 14.0. The maximum Gasteiger partial charge on any atom is 0.265 e. The van der Waals surface area contributed by atoms with Gasteiger partial charge in [-0.25, -0.2) is 0 Å². The fourth-order valence-corrected chi connectivity index (χ4v) is 2.63. The number of amides is 1. The fraction of sp³-hybridized carbons (Fsp3) is 0.333. The number of nitrogens with zero attached hydrogens (tertiary/aromatic N) is 3. The molecule has 1 amide bonds. The van der Waals surface area contributed by atoms with Gasteiger partial charge in [0.1, 0.15) is 0 Å². The molecule has 2 aromatic rings. The quantitative estimate of drug-likeness (QED) is 0.824. The maximum atomic E-state index is 12.0. The molecule has 1 aromatic carbocycles. The summed E-state index contributed by atoms with van der Waals surface area (Å²) in [5.74, 6) is -0.528. The van der Waals surface area contributed by atoms with Gasteiger partial charge in [0.15, 0.2) is 0 Å². The van der Waals surface area contributed by atoms with Crippen molar-refractivity contribution in [3.05, 3.63) is 59.7 Å². The van der Waals surface area contributed by atoms with Crippen molar-refractivity contribution in [3.8, 4) is 0 Å². The molecule has 7 heteroatoms. The fourth-order valence-electron chi connectivity index (χ4n) is 2.63. The Morgan fingerprint density at radius 3 is 2.72 bits per heavy atom. The van der Waals surface area contributed by atoms with Gasteiger partial charge in [-0.05, 0) is 12.5 Å². The van der Waals surface area contributed by atoms with Crippen LogP contribution >= 0.6 is 0 Å². The molecule has 2 N–H and O–H groups in total. The number of carbonyl (C=O) groups excluding carboxylic acids is 1. The summed E-state index contributed by atoms with van der Waals surface area (Å²) in [5, 5.41) is 4.01. The molecular formula is C18H20N4O3. The summed E-state index contributed by atoms with van der Waals surface area (Å²) in [6, 6.07) is 9.59. The van der Waals surface area contributed by atoms with Crippen molar-refractivity contribution < 1.29 is 14.4 Å². The lowest BCUT2D eigenvalue weighted by Gasteiger charge is -2.22. The van der Waals surface area contributed by atoms with Crippen molar-refractivity contribution in [1.82, 2.24) is 9.97 Å². The minimum atomic E-state index is -1.15. The second-order valence-electron chi connectivity index (χ2n) is 6.09. The molecular weight excluding hydrogens is 320 g/mol. The summed E-state index contributed by atoms with van der Waals surface area (Å²) in [6.07, 6.45) is 4.05. The van der Waals surface area contributed by atoms with Crippen molar-refractivity contribution in [2.24, 2.45) is 10.9 Å². The molecule has 0 spiro atoms. The molecule has 0 aliphatic carbocycles. The summed E-state index contributed by atoms with van der Waals surface area (Å²) in [7, 11) is 0. The standard InChI is InChI=1S/C18H20N4O3/c1-13-9-21-16(10-20-13)12-24-11-15-8-18(17(19)23,25-22-15)7-14-5-3-2-4-6-14/h2-6,9-10H,7-8,11-12H2,1H3,(H2,19,23). The predicted molar refractivity (Wildman–Crippen MR) is 91.6 cm³/mol. The van der Waals surface area contributed by atoms with Crippen LogP contribution in [0.2, 0.25) is 0 Å². The number of rotatable bonds is 7. The largest absolute Gasteiger partial charge is 0.378 e. The van der Waals surface area contributed by atoms with E-state index in [4.69, 9.17) is 15.3 Å². The number of ether oxygens (including phenoxy) is 1. The first kappa shape index (κ1) is 17.0. The monoisotopic (exact) mass is 340 g/mol. The second-order valence-corrected chi connectivity index (χ2v) is 6.09. The van der Waals surface area contributed by atoms with Crippen molar-refractivity contribution >= 4 is 11.6 Å². The molecule has 1 aliphatic heterocycles. The van der Waals surface area contributed by atoms with Crippen LogP contribution in [0.25, 0.3) is 0 Å². The topological polar surface area (TPSA) is 99.7 Å². The summed E-state index contributed by atoms with van der Waals surface area (Å²) in [6.45, 7) is 2.44. The molecule has 2 heterocycles. The molecule has 7 nitrogen and oxygen atoms in total. The summed E-state index contributed by atoms with van der Waals surface area (Å²) >= 11 is 0. The lowest BCUT2D eigenvalue weighted by molar-refractivity contribution is -0.140. The van der Waals surface area contributed by atoms with Crippen LogP contribution in [0.1, 0.15) is 23.4 Å². The van der Waals surface area contributed by atoms with Crippen molar-refractivity contribution in [3.63, 3.8) is 0 Å². The molecule has 1 aliphatic rings. The van der Waals surface area contributed by atoms with E-state index in [2.05, 4.69) is 15.1 Å². The van der Waals surface area contributed by atoms with E-state index in [0.717, 1.165) is 17.0 Å². The Bertz CT molecular complexity index is 762. The van der Waals surface area contributed by atoms with E-state index < -0.39 is 11.5 Å². The van der Waals surface area contributed by atoms with Gasteiger partial charge in [-0.1, -0.05) is 35.5 Å². The molecule has 1 aromatic heterocycles. The van der Waals surface area contributed by atoms with Gasteiger partial charge in [-0.3, -0.25) is 14.8 Å². The number of oxime groups is 1. The smallest absolute Gasteiger partial charge is 0.265 e. The van der Waals surface area contributed by atoms with Gasteiger partial charge in [0, 0.05) is 19.0 Å². The Morgan fingerprint density at radius 2 is 2.04 bits per heavy atom. The molecule has 0 radical (unpaired) electrons. The number of primary amides is 1. The molecule has 130 valence electrons. The molecule has 1 unspecified atom stereocenters. The molecule has 0 fully saturated rings. The third kappa shape index (κ3) is 4.19. The number of hydrogen-bond donors (Lipinski definition) is 1. The zero-order valence-corrected chi connectivity index (χ0v) is 14.0. The van der Waals surface area contributed by atoms with E-state index in [1.54, 1.807) is 12.4 Å². The van der Waals surface area contributed by atoms with Crippen LogP contribution in [0.4, 0.5) is 0 Å². The number of aryl methyl sites for hydroxylation is 1. The van der Waals surface area contributed by atoms with Gasteiger partial charge < -0.3 is 15.3 Å². The molecule has 25 heavy (non-hydrogen) atoms. The minimum absolute atomic E-state index is 0.249. The lowest BCUT2D eigenvalue weighted by atomic mass is 9.89. The first-order valence-corrected chi connectivity index (χ1v) is 8.00. The lowest BCUT2D eigenvalue weighted by Crippen LogP contribution is -2.46. The number of hydrogen-bond acceptors (Lipinski definition) is 6. The number of benzene rings is 1. The highest BCUT2D eigenvalue weighted by molar-refractivity contribution is 5.96. The van der Waals surface area contributed by atoms with E-state index in [1.165, 1.54) is 0 Å². The van der Waals surface area contributed by atoms with Crippen LogP contribution in [0.3, 0.4) is 0 Å². The van der Waals surface area contributed by atoms with Crippen LogP contribution in [0.15, 0.2) is 47.9 Å². The number of nitrogens with two attached hydrogens (primary N) is 1. The zero-order chi connectivity index (χ0) is 17.7. The van der Waals surface area contributed by atoms with Crippen molar-refractivity contribution in [1.29, 1.82) is 0 Å². The van der Waals surface area contributed by atoms with E-state index in [0.29, 0.717) is 25.2 Å². The first-order valence-electron chi connectivity index (χ1n) is 8.00. The highest BCUT2D eigenvalue weighted by Crippen LogP contribution is 2.28. The normalized spacial score (nSPS) is 19.3. The third-order valence-corrected chi connectivity index (χ3v) is 3.97. The molecule has 1 atom stereocenters. The Balaban J connectivity index is 1.56. The summed E-state index contributed by atoms with van der Waals surface area (Å²) in [5.41, 5.74) is 7.63. The van der Waals surface area contributed by atoms with Gasteiger partial charge in [-0.15, -0.1) is 0 Å². The minimum Gasteiger partial charge on any atom is -0.378 e. The van der Waals surface area contributed by atoms with Gasteiger partial charge in [0.25, 0.3) is 5.91 Å². The third-order valence-electron chi connectivity index (χ3n) is 3.97. The Morgan fingerprint density at radius 1 is 1.24 bits per heavy atom. The van der Waals surface area contributed by atoms with E-state index in [9.17, 15) is 4.79 Å². The highest BCUT2D eigenvalue weighted by atomic mass is 16.7. The van der Waals surface area contributed by atoms with E-state index >= 15 is 0 Å². The SMILES string of the molecule is Cc1cnc(COCC2=NOC(Cc3ccccc3)(C(N)=O)C2)cn1. The number of carbonyl (C=O) groups is 1. The van der Waals surface area contributed by atoms with E-state index in [1.807, 2.05) is 37.3 Å². The van der Waals surface area contributed by atoms with Crippen LogP contribution in [0.5, 0.6) is 0 Å². The number of aromatic nitrogens is 2.